The molecule has 1 aromatic rings. The topological polar surface area (TPSA) is 70.4 Å². The lowest BCUT2D eigenvalue weighted by molar-refractivity contribution is -0.133. The maximum absolute atomic E-state index is 12.4. The number of carbonyl (C=O) groups excluding carboxylic acids is 2. The molecule has 0 unspecified atom stereocenters. The van der Waals surface area contributed by atoms with Gasteiger partial charge in [-0.1, -0.05) is 11.6 Å². The quantitative estimate of drug-likeness (QED) is 0.798. The van der Waals surface area contributed by atoms with Crippen molar-refractivity contribution in [2.24, 2.45) is 0 Å². The summed E-state index contributed by atoms with van der Waals surface area (Å²) in [5.41, 5.74) is -0.0115. The fourth-order valence-corrected chi connectivity index (χ4v) is 3.26. The molecule has 2 aliphatic heterocycles. The summed E-state index contributed by atoms with van der Waals surface area (Å²) in [6.45, 7) is 1.02. The lowest BCUT2D eigenvalue weighted by Crippen LogP contribution is -2.52. The van der Waals surface area contributed by atoms with Crippen molar-refractivity contribution in [3.8, 4) is 11.8 Å². The average molecular weight is 319 g/mol. The Hall–Kier alpha value is -2.06. The molecule has 1 amide bonds. The van der Waals surface area contributed by atoms with Crippen molar-refractivity contribution in [1.29, 1.82) is 5.26 Å². The van der Waals surface area contributed by atoms with Crippen LogP contribution < -0.4 is 4.74 Å². The van der Waals surface area contributed by atoms with Gasteiger partial charge in [-0.2, -0.15) is 5.26 Å². The average Bonchev–Trinajstić information content (AvgIpc) is 2.49. The summed E-state index contributed by atoms with van der Waals surface area (Å²) in [7, 11) is 0. The molecular weight excluding hydrogens is 304 g/mol. The standard InChI is InChI=1S/C16H15ClN2O3/c17-11-1-2-14-12(9-11)13(20)10-16(22-14)4-7-19(8-5-16)15(21)3-6-18/h1-2,9H,3-5,7-8,10H2. The molecular formula is C16H15ClN2O3. The van der Waals surface area contributed by atoms with Crippen molar-refractivity contribution in [3.05, 3.63) is 28.8 Å². The van der Waals surface area contributed by atoms with Gasteiger partial charge in [-0.15, -0.1) is 0 Å². The van der Waals surface area contributed by atoms with Gasteiger partial charge in [0, 0.05) is 31.0 Å². The molecule has 1 saturated heterocycles. The van der Waals surface area contributed by atoms with Crippen molar-refractivity contribution in [3.63, 3.8) is 0 Å². The van der Waals surface area contributed by atoms with Crippen LogP contribution in [0.25, 0.3) is 0 Å². The van der Waals surface area contributed by atoms with E-state index in [0.717, 1.165) is 0 Å². The number of likely N-dealkylation sites (tertiary alicyclic amines) is 1. The second kappa shape index (κ2) is 5.62. The van der Waals surface area contributed by atoms with E-state index in [1.54, 1.807) is 23.1 Å². The molecule has 0 bridgehead atoms. The van der Waals surface area contributed by atoms with E-state index >= 15 is 0 Å². The number of fused-ring (bicyclic) bond motifs is 1. The zero-order chi connectivity index (χ0) is 15.7. The van der Waals surface area contributed by atoms with Gasteiger partial charge in [0.1, 0.15) is 17.8 Å². The number of Topliss-reactive ketones (excluding diaryl/α,β-unsaturated/α-hetero) is 1. The zero-order valence-electron chi connectivity index (χ0n) is 12.0. The van der Waals surface area contributed by atoms with Crippen LogP contribution >= 0.6 is 11.6 Å². The first-order valence-corrected chi connectivity index (χ1v) is 7.57. The van der Waals surface area contributed by atoms with E-state index in [1.165, 1.54) is 0 Å². The number of carbonyl (C=O) groups is 2. The molecule has 1 aromatic carbocycles. The lowest BCUT2D eigenvalue weighted by Gasteiger charge is -2.43. The van der Waals surface area contributed by atoms with Crippen LogP contribution in [-0.4, -0.2) is 35.3 Å². The van der Waals surface area contributed by atoms with Gasteiger partial charge in [0.15, 0.2) is 5.78 Å². The van der Waals surface area contributed by atoms with Crippen LogP contribution in [-0.2, 0) is 4.79 Å². The lowest BCUT2D eigenvalue weighted by atomic mass is 9.82. The molecule has 0 N–H and O–H groups in total. The van der Waals surface area contributed by atoms with E-state index in [1.807, 2.05) is 6.07 Å². The number of benzene rings is 1. The molecule has 2 aliphatic rings. The monoisotopic (exact) mass is 318 g/mol. The van der Waals surface area contributed by atoms with Crippen LogP contribution in [0.2, 0.25) is 5.02 Å². The highest BCUT2D eigenvalue weighted by atomic mass is 35.5. The summed E-state index contributed by atoms with van der Waals surface area (Å²) < 4.78 is 6.09. The van der Waals surface area contributed by atoms with Crippen molar-refractivity contribution >= 4 is 23.3 Å². The fourth-order valence-electron chi connectivity index (χ4n) is 3.09. The Morgan fingerprint density at radius 3 is 2.82 bits per heavy atom. The Morgan fingerprint density at radius 2 is 2.14 bits per heavy atom. The highest BCUT2D eigenvalue weighted by molar-refractivity contribution is 6.31. The summed E-state index contributed by atoms with van der Waals surface area (Å²) >= 11 is 5.92. The minimum Gasteiger partial charge on any atom is -0.486 e. The molecule has 1 spiro atoms. The highest BCUT2D eigenvalue weighted by Crippen LogP contribution is 2.40. The van der Waals surface area contributed by atoms with Crippen LogP contribution in [0.15, 0.2) is 18.2 Å². The number of nitrogens with zero attached hydrogens (tertiary/aromatic N) is 2. The smallest absolute Gasteiger partial charge is 0.236 e. The number of ether oxygens (including phenoxy) is 1. The molecule has 22 heavy (non-hydrogen) atoms. The third-order valence-corrected chi connectivity index (χ3v) is 4.54. The van der Waals surface area contributed by atoms with Crippen molar-refractivity contribution < 1.29 is 14.3 Å². The Balaban J connectivity index is 1.75. The molecule has 1 fully saturated rings. The number of rotatable bonds is 1. The Kier molecular flexibility index (Phi) is 3.79. The molecule has 0 atom stereocenters. The predicted octanol–water partition coefficient (Wildman–Crippen LogP) is 2.58. The van der Waals surface area contributed by atoms with Crippen molar-refractivity contribution in [2.45, 2.75) is 31.3 Å². The highest BCUT2D eigenvalue weighted by Gasteiger charge is 2.43. The van der Waals surface area contributed by atoms with Gasteiger partial charge >= 0.3 is 0 Å². The first-order chi connectivity index (χ1) is 10.5. The Bertz CT molecular complexity index is 672. The first kappa shape index (κ1) is 14.9. The second-order valence-corrected chi connectivity index (χ2v) is 6.18. The minimum atomic E-state index is -0.540. The van der Waals surface area contributed by atoms with E-state index in [4.69, 9.17) is 21.6 Å². The molecule has 0 saturated carbocycles. The van der Waals surface area contributed by atoms with E-state index < -0.39 is 5.60 Å². The van der Waals surface area contributed by atoms with Gasteiger partial charge in [0.05, 0.1) is 18.1 Å². The number of halogens is 1. The van der Waals surface area contributed by atoms with E-state index in [9.17, 15) is 9.59 Å². The minimum absolute atomic E-state index is 0.0283. The number of hydrogen-bond donors (Lipinski definition) is 0. The fraction of sp³-hybridized carbons (Fsp3) is 0.438. The molecule has 0 aliphatic carbocycles. The third-order valence-electron chi connectivity index (χ3n) is 4.31. The van der Waals surface area contributed by atoms with E-state index in [-0.39, 0.29) is 18.1 Å². The molecule has 0 aromatic heterocycles. The van der Waals surface area contributed by atoms with Crippen molar-refractivity contribution in [1.82, 2.24) is 4.90 Å². The van der Waals surface area contributed by atoms with Crippen LogP contribution in [0.1, 0.15) is 36.0 Å². The Morgan fingerprint density at radius 1 is 1.41 bits per heavy atom. The number of hydrogen-bond acceptors (Lipinski definition) is 4. The summed E-state index contributed by atoms with van der Waals surface area (Å²) in [5.74, 6) is 0.435. The van der Waals surface area contributed by atoms with Gasteiger partial charge in [-0.05, 0) is 18.2 Å². The molecule has 0 radical (unpaired) electrons. The molecule has 114 valence electrons. The number of piperidine rings is 1. The number of ketones is 1. The van der Waals surface area contributed by atoms with Gasteiger partial charge in [0.2, 0.25) is 5.91 Å². The van der Waals surface area contributed by atoms with E-state index in [0.29, 0.717) is 48.7 Å². The largest absolute Gasteiger partial charge is 0.486 e. The van der Waals surface area contributed by atoms with Gasteiger partial charge in [0.25, 0.3) is 0 Å². The number of nitriles is 1. The molecule has 3 rings (SSSR count). The van der Waals surface area contributed by atoms with Crippen LogP contribution in [0.5, 0.6) is 5.75 Å². The second-order valence-electron chi connectivity index (χ2n) is 5.74. The van der Waals surface area contributed by atoms with Crippen LogP contribution in [0, 0.1) is 11.3 Å². The normalized spacial score (nSPS) is 19.3. The van der Waals surface area contributed by atoms with Crippen LogP contribution in [0.3, 0.4) is 0 Å². The molecule has 5 nitrogen and oxygen atoms in total. The number of amides is 1. The first-order valence-electron chi connectivity index (χ1n) is 7.19. The summed E-state index contributed by atoms with van der Waals surface area (Å²) in [6, 6.07) is 6.94. The molecule has 2 heterocycles. The maximum atomic E-state index is 12.4. The van der Waals surface area contributed by atoms with Gasteiger partial charge in [-0.3, -0.25) is 9.59 Å². The predicted molar refractivity (Wildman–Crippen MR) is 79.8 cm³/mol. The summed E-state index contributed by atoms with van der Waals surface area (Å²) in [4.78, 5) is 25.8. The SMILES string of the molecule is N#CCC(=O)N1CCC2(CC1)CC(=O)c1cc(Cl)ccc1O2. The maximum Gasteiger partial charge on any atom is 0.236 e. The summed E-state index contributed by atoms with van der Waals surface area (Å²) in [6.07, 6.45) is 1.39. The van der Waals surface area contributed by atoms with E-state index in [2.05, 4.69) is 0 Å². The van der Waals surface area contributed by atoms with Gasteiger partial charge < -0.3 is 9.64 Å². The van der Waals surface area contributed by atoms with Crippen LogP contribution in [0.4, 0.5) is 0 Å². The summed E-state index contributed by atoms with van der Waals surface area (Å²) in [5, 5.41) is 9.12. The zero-order valence-corrected chi connectivity index (χ0v) is 12.7. The molecule has 6 heteroatoms. The van der Waals surface area contributed by atoms with Gasteiger partial charge in [-0.25, -0.2) is 0 Å². The van der Waals surface area contributed by atoms with Crippen molar-refractivity contribution in [2.75, 3.05) is 13.1 Å². The third kappa shape index (κ3) is 2.67. The Labute approximate surface area is 133 Å².